The summed E-state index contributed by atoms with van der Waals surface area (Å²) in [6, 6.07) is 2.01. The number of nitrogens with one attached hydrogen (secondary N) is 1. The first-order valence-electron chi connectivity index (χ1n) is 6.25. The van der Waals surface area contributed by atoms with Crippen LogP contribution in [0.5, 0.6) is 0 Å². The molecular formula is C12H20F3N3O. The summed E-state index contributed by atoms with van der Waals surface area (Å²) >= 11 is 0. The van der Waals surface area contributed by atoms with Crippen LogP contribution in [0.25, 0.3) is 0 Å². The minimum Gasteiger partial charge on any atom is -0.371 e. The molecule has 0 aromatic carbocycles. The fourth-order valence-electron chi connectivity index (χ4n) is 1.71. The molecule has 1 N–H and O–H groups in total. The van der Waals surface area contributed by atoms with E-state index in [4.69, 9.17) is 0 Å². The van der Waals surface area contributed by atoms with Crippen LogP contribution in [0.1, 0.15) is 17.8 Å². The maximum absolute atomic E-state index is 11.8. The van der Waals surface area contributed by atoms with Crippen molar-refractivity contribution < 1.29 is 17.9 Å². The summed E-state index contributed by atoms with van der Waals surface area (Å²) in [7, 11) is 0. The Bertz CT molecular complexity index is 377. The van der Waals surface area contributed by atoms with Gasteiger partial charge in [-0.3, -0.25) is 4.68 Å². The molecule has 1 aromatic heterocycles. The van der Waals surface area contributed by atoms with Gasteiger partial charge in [0.15, 0.2) is 0 Å². The molecule has 4 nitrogen and oxygen atoms in total. The van der Waals surface area contributed by atoms with Crippen molar-refractivity contribution in [2.24, 2.45) is 0 Å². The number of aryl methyl sites for hydroxylation is 3. The molecule has 110 valence electrons. The van der Waals surface area contributed by atoms with Crippen LogP contribution in [0.15, 0.2) is 6.07 Å². The van der Waals surface area contributed by atoms with E-state index in [9.17, 15) is 13.2 Å². The van der Waals surface area contributed by atoms with E-state index in [1.807, 2.05) is 24.6 Å². The highest BCUT2D eigenvalue weighted by Gasteiger charge is 2.27. The SMILES string of the molecule is Cc1cc(C)n(CCCNCCOCC(F)(F)F)n1. The first kappa shape index (κ1) is 16.0. The molecule has 0 aliphatic heterocycles. The third-order valence-electron chi connectivity index (χ3n) is 2.52. The van der Waals surface area contributed by atoms with E-state index in [0.29, 0.717) is 6.54 Å². The van der Waals surface area contributed by atoms with Crippen molar-refractivity contribution in [1.29, 1.82) is 0 Å². The van der Waals surface area contributed by atoms with Crippen LogP contribution >= 0.6 is 0 Å². The van der Waals surface area contributed by atoms with Gasteiger partial charge in [0.1, 0.15) is 6.61 Å². The molecule has 0 radical (unpaired) electrons. The number of hydrogen-bond donors (Lipinski definition) is 1. The average Bonchev–Trinajstić information content (AvgIpc) is 2.60. The lowest BCUT2D eigenvalue weighted by atomic mass is 10.4. The Kier molecular flexibility index (Phi) is 6.30. The van der Waals surface area contributed by atoms with Crippen LogP contribution in [-0.4, -0.2) is 42.3 Å². The summed E-state index contributed by atoms with van der Waals surface area (Å²) in [5, 5.41) is 7.36. The lowest BCUT2D eigenvalue weighted by Crippen LogP contribution is -2.25. The van der Waals surface area contributed by atoms with Crippen molar-refractivity contribution in [2.45, 2.75) is 33.0 Å². The van der Waals surface area contributed by atoms with Gasteiger partial charge in [-0.2, -0.15) is 18.3 Å². The Morgan fingerprint density at radius 2 is 2.05 bits per heavy atom. The molecule has 1 rings (SSSR count). The molecular weight excluding hydrogens is 259 g/mol. The molecule has 1 heterocycles. The Morgan fingerprint density at radius 3 is 2.63 bits per heavy atom. The Balaban J connectivity index is 1.98. The standard InChI is InChI=1S/C12H20F3N3O/c1-10-8-11(2)18(17-10)6-3-4-16-5-7-19-9-12(13,14)15/h8,16H,3-7,9H2,1-2H3. The van der Waals surface area contributed by atoms with Crippen LogP contribution in [-0.2, 0) is 11.3 Å². The smallest absolute Gasteiger partial charge is 0.371 e. The highest BCUT2D eigenvalue weighted by Crippen LogP contribution is 2.13. The second-order valence-electron chi connectivity index (χ2n) is 4.42. The van der Waals surface area contributed by atoms with E-state index < -0.39 is 12.8 Å². The van der Waals surface area contributed by atoms with Crippen molar-refractivity contribution in [3.8, 4) is 0 Å². The van der Waals surface area contributed by atoms with Gasteiger partial charge in [0.25, 0.3) is 0 Å². The molecule has 0 saturated heterocycles. The highest BCUT2D eigenvalue weighted by atomic mass is 19.4. The molecule has 0 saturated carbocycles. The third-order valence-corrected chi connectivity index (χ3v) is 2.52. The zero-order chi connectivity index (χ0) is 14.3. The summed E-state index contributed by atoms with van der Waals surface area (Å²) in [5.74, 6) is 0. The van der Waals surface area contributed by atoms with Gasteiger partial charge in [-0.25, -0.2) is 0 Å². The molecule has 0 amide bonds. The summed E-state index contributed by atoms with van der Waals surface area (Å²) in [5.41, 5.74) is 2.11. The number of alkyl halides is 3. The molecule has 7 heteroatoms. The van der Waals surface area contributed by atoms with E-state index in [2.05, 4.69) is 15.2 Å². The minimum absolute atomic E-state index is 0.0689. The van der Waals surface area contributed by atoms with Gasteiger partial charge in [-0.15, -0.1) is 0 Å². The number of nitrogens with zero attached hydrogens (tertiary/aromatic N) is 2. The van der Waals surface area contributed by atoms with E-state index in [1.54, 1.807) is 0 Å². The van der Waals surface area contributed by atoms with Gasteiger partial charge in [0, 0.05) is 18.8 Å². The van der Waals surface area contributed by atoms with Crippen molar-refractivity contribution >= 4 is 0 Å². The zero-order valence-corrected chi connectivity index (χ0v) is 11.3. The van der Waals surface area contributed by atoms with Crippen molar-refractivity contribution in [1.82, 2.24) is 15.1 Å². The fraction of sp³-hybridized carbons (Fsp3) is 0.750. The molecule has 0 atom stereocenters. The number of aromatic nitrogens is 2. The zero-order valence-electron chi connectivity index (χ0n) is 11.3. The predicted molar refractivity (Wildman–Crippen MR) is 66.1 cm³/mol. The lowest BCUT2D eigenvalue weighted by Gasteiger charge is -2.08. The average molecular weight is 279 g/mol. The predicted octanol–water partition coefficient (Wildman–Crippen LogP) is 2.06. The summed E-state index contributed by atoms with van der Waals surface area (Å²) in [6.45, 7) is 4.79. The first-order chi connectivity index (χ1) is 8.88. The molecule has 0 aliphatic rings. The van der Waals surface area contributed by atoms with E-state index >= 15 is 0 Å². The topological polar surface area (TPSA) is 39.1 Å². The van der Waals surface area contributed by atoms with Gasteiger partial charge in [0.2, 0.25) is 0 Å². The molecule has 0 unspecified atom stereocenters. The Hall–Kier alpha value is -1.08. The van der Waals surface area contributed by atoms with Crippen LogP contribution in [0.3, 0.4) is 0 Å². The van der Waals surface area contributed by atoms with Crippen molar-refractivity contribution in [3.05, 3.63) is 17.5 Å². The molecule has 0 spiro atoms. The van der Waals surface area contributed by atoms with Crippen LogP contribution < -0.4 is 5.32 Å². The number of hydrogen-bond acceptors (Lipinski definition) is 3. The van der Waals surface area contributed by atoms with Crippen LogP contribution in [0.2, 0.25) is 0 Å². The molecule has 19 heavy (non-hydrogen) atoms. The quantitative estimate of drug-likeness (QED) is 0.740. The van der Waals surface area contributed by atoms with Crippen LogP contribution in [0, 0.1) is 13.8 Å². The normalized spacial score (nSPS) is 12.1. The van der Waals surface area contributed by atoms with Gasteiger partial charge in [-0.1, -0.05) is 0 Å². The maximum Gasteiger partial charge on any atom is 0.411 e. The Labute approximate surface area is 110 Å². The largest absolute Gasteiger partial charge is 0.411 e. The summed E-state index contributed by atoms with van der Waals surface area (Å²) in [4.78, 5) is 0. The van der Waals surface area contributed by atoms with Crippen molar-refractivity contribution in [2.75, 3.05) is 26.3 Å². The fourth-order valence-corrected chi connectivity index (χ4v) is 1.71. The maximum atomic E-state index is 11.8. The number of halogens is 3. The summed E-state index contributed by atoms with van der Waals surface area (Å²) < 4.78 is 41.7. The van der Waals surface area contributed by atoms with Crippen LogP contribution in [0.4, 0.5) is 13.2 Å². The first-order valence-corrected chi connectivity index (χ1v) is 6.25. The monoisotopic (exact) mass is 279 g/mol. The van der Waals surface area contributed by atoms with Gasteiger partial charge in [0.05, 0.1) is 12.3 Å². The summed E-state index contributed by atoms with van der Waals surface area (Å²) in [6.07, 6.45) is -3.36. The van der Waals surface area contributed by atoms with E-state index in [-0.39, 0.29) is 6.61 Å². The van der Waals surface area contributed by atoms with E-state index in [0.717, 1.165) is 30.9 Å². The molecule has 0 aliphatic carbocycles. The third kappa shape index (κ3) is 7.17. The molecule has 0 bridgehead atoms. The molecule has 1 aromatic rings. The van der Waals surface area contributed by atoms with E-state index in [1.165, 1.54) is 0 Å². The highest BCUT2D eigenvalue weighted by molar-refractivity contribution is 5.06. The Morgan fingerprint density at radius 1 is 1.32 bits per heavy atom. The van der Waals surface area contributed by atoms with Gasteiger partial charge >= 0.3 is 6.18 Å². The molecule has 0 fully saturated rings. The van der Waals surface area contributed by atoms with Gasteiger partial charge in [-0.05, 0) is 32.9 Å². The van der Waals surface area contributed by atoms with Gasteiger partial charge < -0.3 is 10.1 Å². The van der Waals surface area contributed by atoms with Crippen molar-refractivity contribution in [3.63, 3.8) is 0 Å². The second-order valence-corrected chi connectivity index (χ2v) is 4.42. The number of rotatable bonds is 8. The second kappa shape index (κ2) is 7.49. The lowest BCUT2D eigenvalue weighted by molar-refractivity contribution is -0.173. The number of ether oxygens (including phenoxy) is 1. The minimum atomic E-state index is -4.24.